The molecule has 1 atom stereocenters. The Labute approximate surface area is 222 Å². The van der Waals surface area contributed by atoms with Crippen LogP contribution in [0.2, 0.25) is 15.1 Å². The molecule has 3 N–H and O–H groups in total. The van der Waals surface area contributed by atoms with Crippen molar-refractivity contribution in [1.29, 1.82) is 0 Å². The van der Waals surface area contributed by atoms with Gasteiger partial charge in [0, 0.05) is 38.9 Å². The third-order valence-electron chi connectivity index (χ3n) is 5.44. The van der Waals surface area contributed by atoms with Crippen LogP contribution in [-0.4, -0.2) is 17.0 Å². The number of amides is 1. The summed E-state index contributed by atoms with van der Waals surface area (Å²) < 4.78 is 42.8. The average molecular weight is 574 g/mol. The van der Waals surface area contributed by atoms with Crippen molar-refractivity contribution in [3.63, 3.8) is 0 Å². The monoisotopic (exact) mass is 572 g/mol. The lowest BCUT2D eigenvalue weighted by molar-refractivity contribution is -0.384. The molecule has 0 saturated carbocycles. The van der Waals surface area contributed by atoms with Gasteiger partial charge in [-0.15, -0.1) is 0 Å². The van der Waals surface area contributed by atoms with E-state index in [1.165, 1.54) is 36.4 Å². The lowest BCUT2D eigenvalue weighted by atomic mass is 9.91. The second-order valence-corrected chi connectivity index (χ2v) is 9.08. The predicted molar refractivity (Wildman–Crippen MR) is 132 cm³/mol. The van der Waals surface area contributed by atoms with E-state index in [0.29, 0.717) is 5.01 Å². The van der Waals surface area contributed by atoms with Gasteiger partial charge in [0.2, 0.25) is 5.60 Å². The second-order valence-electron chi connectivity index (χ2n) is 7.80. The molecule has 0 saturated heterocycles. The Morgan fingerprint density at radius 3 is 2.22 bits per heavy atom. The molecule has 0 spiro atoms. The minimum absolute atomic E-state index is 0.0183. The van der Waals surface area contributed by atoms with Crippen LogP contribution in [0.15, 0.2) is 66.7 Å². The van der Waals surface area contributed by atoms with Crippen LogP contribution in [0.25, 0.3) is 5.70 Å². The maximum atomic E-state index is 14.3. The Balaban J connectivity index is 1.72. The van der Waals surface area contributed by atoms with Crippen molar-refractivity contribution in [3.8, 4) is 0 Å². The van der Waals surface area contributed by atoms with Gasteiger partial charge in [-0.05, 0) is 48.5 Å². The van der Waals surface area contributed by atoms with E-state index in [4.69, 9.17) is 45.5 Å². The van der Waals surface area contributed by atoms with Crippen LogP contribution in [0.3, 0.4) is 0 Å². The van der Waals surface area contributed by atoms with Crippen molar-refractivity contribution >= 4 is 57.8 Å². The molecule has 3 aromatic rings. The summed E-state index contributed by atoms with van der Waals surface area (Å²) in [6.45, 7) is 0. The molecule has 1 unspecified atom stereocenters. The zero-order chi connectivity index (χ0) is 27.1. The summed E-state index contributed by atoms with van der Waals surface area (Å²) in [5, 5.41) is 11.5. The van der Waals surface area contributed by atoms with E-state index in [0.717, 1.165) is 30.3 Å². The molecule has 8 nitrogen and oxygen atoms in total. The molecule has 0 bridgehead atoms. The van der Waals surface area contributed by atoms with Gasteiger partial charge < -0.3 is 0 Å². The molecule has 1 aliphatic heterocycles. The highest BCUT2D eigenvalue weighted by Crippen LogP contribution is 2.48. The number of hydroxylamine groups is 1. The highest BCUT2D eigenvalue weighted by atomic mass is 35.5. The van der Waals surface area contributed by atoms with Crippen LogP contribution in [0.4, 0.5) is 24.5 Å². The number of rotatable bonds is 5. The number of nitrogens with zero attached hydrogens (tertiary/aromatic N) is 2. The number of nitrogens with two attached hydrogens (primary N) is 1. The standard InChI is InChI=1S/C23H14Cl3F3N4O4/c24-15-8-14(9-16(25)10-15)22(23(27,28)29)11-19(31-37-22)13-3-6-18(26)20(7-13)32(30)21(34)12-1-4-17(5-2-12)33(35)36/h1-11,31H,30H2. The van der Waals surface area contributed by atoms with E-state index in [1.807, 2.05) is 0 Å². The Hall–Kier alpha value is -3.35. The molecule has 3 aromatic carbocycles. The number of halogens is 6. The van der Waals surface area contributed by atoms with Crippen molar-refractivity contribution < 1.29 is 27.7 Å². The number of nitro groups is 1. The number of hydrogen-bond acceptors (Lipinski definition) is 6. The first-order valence-electron chi connectivity index (χ1n) is 10.2. The highest BCUT2D eigenvalue weighted by Gasteiger charge is 2.59. The molecule has 4 rings (SSSR count). The van der Waals surface area contributed by atoms with Gasteiger partial charge in [0.15, 0.2) is 0 Å². The van der Waals surface area contributed by atoms with Crippen molar-refractivity contribution in [2.75, 3.05) is 5.01 Å². The molecule has 1 heterocycles. The lowest BCUT2D eigenvalue weighted by Crippen LogP contribution is -2.42. The number of anilines is 1. The topological polar surface area (TPSA) is 111 Å². The summed E-state index contributed by atoms with van der Waals surface area (Å²) in [5.74, 6) is 5.20. The van der Waals surface area contributed by atoms with Gasteiger partial charge in [0.25, 0.3) is 11.6 Å². The molecule has 0 fully saturated rings. The first-order chi connectivity index (χ1) is 17.3. The molecule has 1 aliphatic rings. The molecule has 0 aromatic heterocycles. The van der Waals surface area contributed by atoms with Gasteiger partial charge in [0.05, 0.1) is 21.3 Å². The third-order valence-corrected chi connectivity index (χ3v) is 6.20. The van der Waals surface area contributed by atoms with Crippen molar-refractivity contribution in [2.45, 2.75) is 11.8 Å². The summed E-state index contributed by atoms with van der Waals surface area (Å²) in [6, 6.07) is 12.1. The quantitative estimate of drug-likeness (QED) is 0.158. The number of nitrogens with one attached hydrogen (secondary N) is 1. The number of benzene rings is 3. The normalized spacial score (nSPS) is 17.2. The lowest BCUT2D eigenvalue weighted by Gasteiger charge is -2.28. The number of carbonyl (C=O) groups excluding carboxylic acids is 1. The van der Waals surface area contributed by atoms with Crippen LogP contribution >= 0.6 is 34.8 Å². The summed E-state index contributed by atoms with van der Waals surface area (Å²) in [6.07, 6.45) is -4.11. The zero-order valence-corrected chi connectivity index (χ0v) is 20.5. The van der Waals surface area contributed by atoms with E-state index in [-0.39, 0.29) is 48.8 Å². The maximum absolute atomic E-state index is 14.3. The van der Waals surface area contributed by atoms with Gasteiger partial charge in [-0.3, -0.25) is 25.2 Å². The first kappa shape index (κ1) is 26.7. The van der Waals surface area contributed by atoms with E-state index in [1.54, 1.807) is 0 Å². The number of hydrogen-bond donors (Lipinski definition) is 2. The number of alkyl halides is 3. The summed E-state index contributed by atoms with van der Waals surface area (Å²) >= 11 is 18.1. The number of carbonyl (C=O) groups is 1. The van der Waals surface area contributed by atoms with Gasteiger partial charge in [0.1, 0.15) is 0 Å². The molecule has 192 valence electrons. The van der Waals surface area contributed by atoms with Crippen molar-refractivity contribution in [1.82, 2.24) is 5.48 Å². The SMILES string of the molecule is NN(C(=O)c1ccc([N+](=O)[O-])cc1)c1cc(C2=CC(c3cc(Cl)cc(Cl)c3)(C(F)(F)F)ON2)ccc1Cl. The average Bonchev–Trinajstić information content (AvgIpc) is 3.30. The molecule has 0 radical (unpaired) electrons. The van der Waals surface area contributed by atoms with Crippen LogP contribution in [-0.2, 0) is 10.4 Å². The Morgan fingerprint density at radius 1 is 1.03 bits per heavy atom. The molecular weight excluding hydrogens is 560 g/mol. The summed E-state index contributed by atoms with van der Waals surface area (Å²) in [4.78, 5) is 28.1. The fourth-order valence-electron chi connectivity index (χ4n) is 3.59. The maximum Gasteiger partial charge on any atom is 0.428 e. The summed E-state index contributed by atoms with van der Waals surface area (Å²) in [5.41, 5.74) is -1.19. The summed E-state index contributed by atoms with van der Waals surface area (Å²) in [7, 11) is 0. The largest absolute Gasteiger partial charge is 0.428 e. The fourth-order valence-corrected chi connectivity index (χ4v) is 4.33. The van der Waals surface area contributed by atoms with E-state index < -0.39 is 22.6 Å². The van der Waals surface area contributed by atoms with Gasteiger partial charge in [-0.2, -0.15) is 13.2 Å². The van der Waals surface area contributed by atoms with Crippen LogP contribution in [0, 0.1) is 10.1 Å². The first-order valence-corrected chi connectivity index (χ1v) is 11.3. The minimum atomic E-state index is -4.92. The minimum Gasteiger partial charge on any atom is -0.267 e. The molecule has 0 aliphatic carbocycles. The molecule has 14 heteroatoms. The van der Waals surface area contributed by atoms with Gasteiger partial charge >= 0.3 is 6.18 Å². The zero-order valence-electron chi connectivity index (χ0n) is 18.2. The Kier molecular flexibility index (Phi) is 7.10. The number of hydrazine groups is 1. The van der Waals surface area contributed by atoms with Gasteiger partial charge in [-0.1, -0.05) is 40.9 Å². The molecule has 37 heavy (non-hydrogen) atoms. The number of non-ortho nitro benzene ring substituents is 1. The number of nitro benzene ring substituents is 1. The Morgan fingerprint density at radius 2 is 1.65 bits per heavy atom. The predicted octanol–water partition coefficient (Wildman–Crippen LogP) is 6.41. The van der Waals surface area contributed by atoms with Crippen molar-refractivity contribution in [2.24, 2.45) is 5.84 Å². The highest BCUT2D eigenvalue weighted by molar-refractivity contribution is 6.35. The van der Waals surface area contributed by atoms with Gasteiger partial charge in [-0.25, -0.2) is 10.9 Å². The van der Waals surface area contributed by atoms with E-state index in [2.05, 4.69) is 5.48 Å². The second kappa shape index (κ2) is 9.84. The van der Waals surface area contributed by atoms with E-state index >= 15 is 0 Å². The van der Waals surface area contributed by atoms with Crippen LogP contribution in [0.1, 0.15) is 21.5 Å². The molecule has 1 amide bonds. The molecular formula is C23H14Cl3F3N4O4. The van der Waals surface area contributed by atoms with Crippen LogP contribution < -0.4 is 16.3 Å². The third kappa shape index (κ3) is 5.09. The van der Waals surface area contributed by atoms with Crippen molar-refractivity contribution in [3.05, 3.63) is 109 Å². The smallest absolute Gasteiger partial charge is 0.267 e. The fraction of sp³-hybridized carbons (Fsp3) is 0.0870. The van der Waals surface area contributed by atoms with E-state index in [9.17, 15) is 28.1 Å². The van der Waals surface area contributed by atoms with Crippen LogP contribution in [0.5, 0.6) is 0 Å². The Bertz CT molecular complexity index is 1410.